The number of rotatable bonds is 7. The molecule has 1 atom stereocenters. The molecule has 9 nitrogen and oxygen atoms in total. The van der Waals surface area contributed by atoms with E-state index in [4.69, 9.17) is 15.0 Å². The molecule has 2 aliphatic heterocycles. The average molecular weight is 464 g/mol. The maximum absolute atomic E-state index is 9.68. The van der Waals surface area contributed by atoms with E-state index < -0.39 is 0 Å². The lowest BCUT2D eigenvalue weighted by Crippen LogP contribution is -2.33. The molecule has 1 saturated heterocycles. The fourth-order valence-corrected chi connectivity index (χ4v) is 4.77. The number of nitrogens with one attached hydrogen (secondary N) is 1. The quantitative estimate of drug-likeness (QED) is 0.487. The van der Waals surface area contributed by atoms with Crippen LogP contribution in [0, 0.1) is 0 Å². The van der Waals surface area contributed by atoms with E-state index in [0.29, 0.717) is 12.5 Å². The first-order valence-electron chi connectivity index (χ1n) is 12.3. The van der Waals surface area contributed by atoms with E-state index in [2.05, 4.69) is 26.2 Å². The lowest BCUT2D eigenvalue weighted by atomic mass is 10.1. The molecular formula is C25H33N7O2. The Hall–Kier alpha value is -2.88. The second-order valence-electron chi connectivity index (χ2n) is 9.31. The summed E-state index contributed by atoms with van der Waals surface area (Å²) in [5.74, 6) is 2.06. The van der Waals surface area contributed by atoms with Gasteiger partial charge in [-0.15, -0.1) is 0 Å². The zero-order valence-electron chi connectivity index (χ0n) is 19.7. The number of hydrogen-bond acceptors (Lipinski definition) is 9. The van der Waals surface area contributed by atoms with Gasteiger partial charge in [0.1, 0.15) is 11.3 Å². The summed E-state index contributed by atoms with van der Waals surface area (Å²) >= 11 is 0. The number of pyridine rings is 2. The fourth-order valence-electron chi connectivity index (χ4n) is 4.77. The third-order valence-electron chi connectivity index (χ3n) is 6.78. The molecule has 5 rings (SSSR count). The molecule has 0 radical (unpaired) electrons. The Bertz CT molecular complexity index is 1150. The van der Waals surface area contributed by atoms with Gasteiger partial charge in [-0.3, -0.25) is 4.90 Å². The smallest absolute Gasteiger partial charge is 0.229 e. The zero-order valence-corrected chi connectivity index (χ0v) is 19.7. The van der Waals surface area contributed by atoms with Gasteiger partial charge in [0, 0.05) is 68.0 Å². The van der Waals surface area contributed by atoms with Crippen LogP contribution in [0.5, 0.6) is 0 Å². The van der Waals surface area contributed by atoms with Crippen molar-refractivity contribution in [2.24, 2.45) is 0 Å². The van der Waals surface area contributed by atoms with E-state index in [-0.39, 0.29) is 19.1 Å². The van der Waals surface area contributed by atoms with Crippen LogP contribution >= 0.6 is 0 Å². The van der Waals surface area contributed by atoms with Gasteiger partial charge in [-0.05, 0) is 37.0 Å². The molecular weight excluding hydrogens is 430 g/mol. The van der Waals surface area contributed by atoms with Gasteiger partial charge in [-0.2, -0.15) is 0 Å². The van der Waals surface area contributed by atoms with Gasteiger partial charge in [0.15, 0.2) is 5.82 Å². The monoisotopic (exact) mass is 463 g/mol. The molecule has 3 N–H and O–H groups in total. The second kappa shape index (κ2) is 10.2. The molecule has 0 aromatic carbocycles. The number of nitrogens with zero attached hydrogens (tertiary/aromatic N) is 6. The van der Waals surface area contributed by atoms with E-state index in [1.54, 1.807) is 0 Å². The molecule has 0 amide bonds. The van der Waals surface area contributed by atoms with Crippen LogP contribution < -0.4 is 10.2 Å². The van der Waals surface area contributed by atoms with E-state index >= 15 is 0 Å². The van der Waals surface area contributed by atoms with Crippen molar-refractivity contribution < 1.29 is 10.2 Å². The Morgan fingerprint density at radius 3 is 2.71 bits per heavy atom. The molecule has 3 aromatic heterocycles. The fraction of sp³-hybridized carbons (Fsp3) is 0.520. The molecule has 3 aromatic rings. The number of aliphatic hydroxyl groups excluding tert-OH is 2. The topological polar surface area (TPSA) is 111 Å². The van der Waals surface area contributed by atoms with Crippen molar-refractivity contribution in [1.29, 1.82) is 0 Å². The van der Waals surface area contributed by atoms with Gasteiger partial charge in [0.25, 0.3) is 0 Å². The lowest BCUT2D eigenvalue weighted by molar-refractivity contribution is 0.183. The molecule has 1 fully saturated rings. The number of anilines is 3. The lowest BCUT2D eigenvalue weighted by Gasteiger charge is -2.29. The molecule has 0 bridgehead atoms. The molecule has 180 valence electrons. The molecule has 34 heavy (non-hydrogen) atoms. The highest BCUT2D eigenvalue weighted by atomic mass is 16.3. The van der Waals surface area contributed by atoms with Gasteiger partial charge < -0.3 is 20.4 Å². The highest BCUT2D eigenvalue weighted by Crippen LogP contribution is 2.30. The maximum Gasteiger partial charge on any atom is 0.229 e. The van der Waals surface area contributed by atoms with Crippen molar-refractivity contribution in [3.8, 4) is 0 Å². The van der Waals surface area contributed by atoms with E-state index in [1.165, 1.54) is 12.0 Å². The van der Waals surface area contributed by atoms with Crippen LogP contribution in [0.1, 0.15) is 49.1 Å². The SMILES string of the molecule is C[C@@H](CO)c1cc2cnc(Nc3ccc4c(n3)CCN(CCO)C4)nc2c(N2CCCCC2)n1. The molecule has 5 heterocycles. The van der Waals surface area contributed by atoms with E-state index in [0.717, 1.165) is 79.4 Å². The van der Waals surface area contributed by atoms with Gasteiger partial charge >= 0.3 is 0 Å². The van der Waals surface area contributed by atoms with Gasteiger partial charge in [0.2, 0.25) is 5.95 Å². The highest BCUT2D eigenvalue weighted by molar-refractivity contribution is 5.89. The Balaban J connectivity index is 1.44. The van der Waals surface area contributed by atoms with E-state index in [9.17, 15) is 10.2 Å². The van der Waals surface area contributed by atoms with Crippen LogP contribution in [0.4, 0.5) is 17.6 Å². The predicted molar refractivity (Wildman–Crippen MR) is 132 cm³/mol. The van der Waals surface area contributed by atoms with Gasteiger partial charge in [0.05, 0.1) is 13.2 Å². The number of aliphatic hydroxyl groups is 2. The number of hydrogen-bond donors (Lipinski definition) is 3. The maximum atomic E-state index is 9.68. The summed E-state index contributed by atoms with van der Waals surface area (Å²) in [6.45, 7) is 6.55. The standard InChI is InChI=1S/C25H33N7O2/c1-17(16-34)21-13-19-14-26-25(30-23(19)24(28-21)32-8-3-2-4-9-32)29-22-6-5-18-15-31(11-12-33)10-7-20(18)27-22/h5-6,13-14,17,33-34H,2-4,7-12,15-16H2,1H3,(H,26,27,29,30)/t17-/m0/s1. The van der Waals surface area contributed by atoms with Crippen molar-refractivity contribution in [1.82, 2.24) is 24.8 Å². The van der Waals surface area contributed by atoms with Crippen molar-refractivity contribution >= 4 is 28.5 Å². The Kier molecular flexibility index (Phi) is 6.85. The summed E-state index contributed by atoms with van der Waals surface area (Å²) in [7, 11) is 0. The highest BCUT2D eigenvalue weighted by Gasteiger charge is 2.21. The zero-order chi connectivity index (χ0) is 23.5. The predicted octanol–water partition coefficient (Wildman–Crippen LogP) is 2.60. The summed E-state index contributed by atoms with van der Waals surface area (Å²) in [6.07, 6.45) is 6.23. The van der Waals surface area contributed by atoms with Crippen LogP contribution in [-0.2, 0) is 13.0 Å². The van der Waals surface area contributed by atoms with Crippen molar-refractivity contribution in [2.75, 3.05) is 49.6 Å². The van der Waals surface area contributed by atoms with Gasteiger partial charge in [-0.25, -0.2) is 19.9 Å². The van der Waals surface area contributed by atoms with Crippen molar-refractivity contribution in [3.05, 3.63) is 41.3 Å². The molecule has 0 aliphatic carbocycles. The summed E-state index contributed by atoms with van der Waals surface area (Å²) < 4.78 is 0. The Morgan fingerprint density at radius 2 is 1.91 bits per heavy atom. The van der Waals surface area contributed by atoms with Crippen LogP contribution in [-0.4, -0.2) is 74.4 Å². The van der Waals surface area contributed by atoms with Crippen LogP contribution in [0.15, 0.2) is 24.4 Å². The van der Waals surface area contributed by atoms with Gasteiger partial charge in [-0.1, -0.05) is 13.0 Å². The first kappa shape index (κ1) is 22.9. The van der Waals surface area contributed by atoms with Crippen LogP contribution in [0.3, 0.4) is 0 Å². The first-order chi connectivity index (χ1) is 16.6. The number of piperidine rings is 1. The molecule has 2 aliphatic rings. The number of fused-ring (bicyclic) bond motifs is 2. The minimum Gasteiger partial charge on any atom is -0.396 e. The first-order valence-corrected chi connectivity index (χ1v) is 12.3. The summed E-state index contributed by atoms with van der Waals surface area (Å²) in [5, 5.41) is 23.1. The Labute approximate surface area is 199 Å². The van der Waals surface area contributed by atoms with Crippen molar-refractivity contribution in [3.63, 3.8) is 0 Å². The summed E-state index contributed by atoms with van der Waals surface area (Å²) in [6, 6.07) is 6.05. The van der Waals surface area contributed by atoms with Crippen molar-refractivity contribution in [2.45, 2.75) is 45.1 Å². The van der Waals surface area contributed by atoms with E-state index in [1.807, 2.05) is 25.3 Å². The normalized spacial score (nSPS) is 17.6. The summed E-state index contributed by atoms with van der Waals surface area (Å²) in [4.78, 5) is 23.7. The Morgan fingerprint density at radius 1 is 1.06 bits per heavy atom. The third kappa shape index (κ3) is 4.82. The molecule has 0 spiro atoms. The minimum atomic E-state index is -0.0428. The third-order valence-corrected chi connectivity index (χ3v) is 6.78. The largest absolute Gasteiger partial charge is 0.396 e. The molecule has 9 heteroatoms. The minimum absolute atomic E-state index is 0.0428. The van der Waals surface area contributed by atoms with Crippen LogP contribution in [0.25, 0.3) is 10.9 Å². The van der Waals surface area contributed by atoms with Crippen LogP contribution in [0.2, 0.25) is 0 Å². The second-order valence-corrected chi connectivity index (χ2v) is 9.31. The number of β-amino-alcohol motifs (C(OH)–C–C–N with tert-alkyl or cyclic N) is 1. The molecule has 0 unspecified atom stereocenters. The summed E-state index contributed by atoms with van der Waals surface area (Å²) in [5.41, 5.74) is 3.97. The average Bonchev–Trinajstić information content (AvgIpc) is 2.88. The number of aromatic nitrogens is 4. The molecule has 0 saturated carbocycles.